The maximum Gasteiger partial charge on any atom is 0.134 e. The van der Waals surface area contributed by atoms with Crippen molar-refractivity contribution < 1.29 is 9.47 Å². The predicted octanol–water partition coefficient (Wildman–Crippen LogP) is 3.43. The molecular formula is C17H21NO2. The van der Waals surface area contributed by atoms with Gasteiger partial charge in [0.2, 0.25) is 0 Å². The van der Waals surface area contributed by atoms with Crippen LogP contribution in [0.1, 0.15) is 16.7 Å². The molecule has 0 aliphatic carbocycles. The van der Waals surface area contributed by atoms with Crippen molar-refractivity contribution in [1.82, 2.24) is 0 Å². The Labute approximate surface area is 120 Å². The van der Waals surface area contributed by atoms with E-state index in [0.717, 1.165) is 35.7 Å². The summed E-state index contributed by atoms with van der Waals surface area (Å²) in [6.45, 7) is 3.24. The van der Waals surface area contributed by atoms with Gasteiger partial charge in [0.15, 0.2) is 0 Å². The highest BCUT2D eigenvalue weighted by Crippen LogP contribution is 2.29. The molecule has 3 heteroatoms. The van der Waals surface area contributed by atoms with Crippen molar-refractivity contribution in [3.05, 3.63) is 59.2 Å². The Balaban J connectivity index is 2.14. The number of para-hydroxylation sites is 1. The summed E-state index contributed by atoms with van der Waals surface area (Å²) in [5.41, 5.74) is 9.11. The molecule has 0 bridgehead atoms. The van der Waals surface area contributed by atoms with Crippen molar-refractivity contribution in [1.29, 1.82) is 0 Å². The summed E-state index contributed by atoms with van der Waals surface area (Å²) >= 11 is 0. The van der Waals surface area contributed by atoms with Crippen LogP contribution in [0.25, 0.3) is 0 Å². The molecule has 3 nitrogen and oxygen atoms in total. The molecule has 0 atom stereocenters. The summed E-state index contributed by atoms with van der Waals surface area (Å²) in [6.07, 6.45) is 0.912. The molecular weight excluding hydrogens is 250 g/mol. The summed E-state index contributed by atoms with van der Waals surface area (Å²) < 4.78 is 11.1. The zero-order chi connectivity index (χ0) is 14.4. The molecule has 0 aliphatic rings. The molecule has 0 amide bonds. The van der Waals surface area contributed by atoms with Crippen molar-refractivity contribution in [2.45, 2.75) is 19.9 Å². The molecule has 106 valence electrons. The van der Waals surface area contributed by atoms with Gasteiger partial charge in [0, 0.05) is 19.2 Å². The van der Waals surface area contributed by atoms with Gasteiger partial charge in [-0.1, -0.05) is 30.3 Å². The standard InChI is InChI=1S/C17H21NO2/c1-13-4-3-5-15(12-18)17(13)20-16-8-6-14(7-9-16)10-11-19-2/h3-9H,10-12,18H2,1-2H3. The van der Waals surface area contributed by atoms with Crippen LogP contribution < -0.4 is 10.5 Å². The van der Waals surface area contributed by atoms with Crippen LogP contribution in [-0.2, 0) is 17.7 Å². The maximum atomic E-state index is 5.98. The largest absolute Gasteiger partial charge is 0.457 e. The van der Waals surface area contributed by atoms with Gasteiger partial charge in [0.25, 0.3) is 0 Å². The van der Waals surface area contributed by atoms with Gasteiger partial charge in [-0.3, -0.25) is 0 Å². The minimum atomic E-state index is 0.475. The minimum Gasteiger partial charge on any atom is -0.457 e. The van der Waals surface area contributed by atoms with Crippen LogP contribution in [-0.4, -0.2) is 13.7 Å². The first kappa shape index (κ1) is 14.6. The Morgan fingerprint density at radius 3 is 2.45 bits per heavy atom. The number of benzene rings is 2. The van der Waals surface area contributed by atoms with Gasteiger partial charge in [0.05, 0.1) is 6.61 Å². The SMILES string of the molecule is COCCc1ccc(Oc2c(C)cccc2CN)cc1. The summed E-state index contributed by atoms with van der Waals surface area (Å²) in [5.74, 6) is 1.69. The van der Waals surface area contributed by atoms with Gasteiger partial charge in [-0.05, 0) is 36.6 Å². The van der Waals surface area contributed by atoms with E-state index in [0.29, 0.717) is 6.54 Å². The highest BCUT2D eigenvalue weighted by Gasteiger charge is 2.07. The predicted molar refractivity (Wildman–Crippen MR) is 81.2 cm³/mol. The molecule has 0 saturated carbocycles. The number of rotatable bonds is 6. The van der Waals surface area contributed by atoms with E-state index in [2.05, 4.69) is 12.1 Å². The minimum absolute atomic E-state index is 0.475. The molecule has 0 fully saturated rings. The Morgan fingerprint density at radius 1 is 1.05 bits per heavy atom. The van der Waals surface area contributed by atoms with Crippen molar-refractivity contribution in [2.75, 3.05) is 13.7 Å². The Hall–Kier alpha value is -1.84. The Kier molecular flexibility index (Phi) is 5.16. The number of hydrogen-bond acceptors (Lipinski definition) is 3. The first-order valence-corrected chi connectivity index (χ1v) is 6.79. The maximum absolute atomic E-state index is 5.98. The van der Waals surface area contributed by atoms with Crippen LogP contribution in [0.2, 0.25) is 0 Å². The zero-order valence-electron chi connectivity index (χ0n) is 12.1. The van der Waals surface area contributed by atoms with Crippen LogP contribution in [0.4, 0.5) is 0 Å². The number of methoxy groups -OCH3 is 1. The average molecular weight is 271 g/mol. The molecule has 0 spiro atoms. The third-order valence-electron chi connectivity index (χ3n) is 3.25. The van der Waals surface area contributed by atoms with E-state index in [-0.39, 0.29) is 0 Å². The molecule has 0 radical (unpaired) electrons. The molecule has 20 heavy (non-hydrogen) atoms. The van der Waals surface area contributed by atoms with Crippen molar-refractivity contribution in [3.63, 3.8) is 0 Å². The monoisotopic (exact) mass is 271 g/mol. The van der Waals surface area contributed by atoms with E-state index < -0.39 is 0 Å². The smallest absolute Gasteiger partial charge is 0.134 e. The highest BCUT2D eigenvalue weighted by atomic mass is 16.5. The molecule has 0 heterocycles. The van der Waals surface area contributed by atoms with Crippen molar-refractivity contribution in [2.24, 2.45) is 5.73 Å². The lowest BCUT2D eigenvalue weighted by atomic mass is 10.1. The summed E-state index contributed by atoms with van der Waals surface area (Å²) in [4.78, 5) is 0. The fraction of sp³-hybridized carbons (Fsp3) is 0.294. The van der Waals surface area contributed by atoms with Crippen LogP contribution in [0.3, 0.4) is 0 Å². The van der Waals surface area contributed by atoms with Crippen LogP contribution >= 0.6 is 0 Å². The van der Waals surface area contributed by atoms with Crippen molar-refractivity contribution >= 4 is 0 Å². The van der Waals surface area contributed by atoms with E-state index in [1.165, 1.54) is 5.56 Å². The lowest BCUT2D eigenvalue weighted by molar-refractivity contribution is 0.202. The van der Waals surface area contributed by atoms with E-state index in [4.69, 9.17) is 15.2 Å². The second-order valence-electron chi connectivity index (χ2n) is 4.76. The van der Waals surface area contributed by atoms with Crippen LogP contribution in [0.5, 0.6) is 11.5 Å². The van der Waals surface area contributed by atoms with Crippen LogP contribution in [0, 0.1) is 6.92 Å². The van der Waals surface area contributed by atoms with Gasteiger partial charge in [0.1, 0.15) is 11.5 Å². The second kappa shape index (κ2) is 7.08. The molecule has 0 aliphatic heterocycles. The van der Waals surface area contributed by atoms with E-state index >= 15 is 0 Å². The fourth-order valence-electron chi connectivity index (χ4n) is 2.08. The first-order valence-electron chi connectivity index (χ1n) is 6.79. The topological polar surface area (TPSA) is 44.5 Å². The van der Waals surface area contributed by atoms with Gasteiger partial charge in [-0.2, -0.15) is 0 Å². The number of aryl methyl sites for hydroxylation is 1. The third kappa shape index (κ3) is 3.59. The quantitative estimate of drug-likeness (QED) is 0.875. The van der Waals surface area contributed by atoms with Crippen molar-refractivity contribution in [3.8, 4) is 11.5 Å². The Bertz CT molecular complexity index is 549. The second-order valence-corrected chi connectivity index (χ2v) is 4.76. The molecule has 2 aromatic carbocycles. The first-order chi connectivity index (χ1) is 9.74. The summed E-state index contributed by atoms with van der Waals surface area (Å²) in [6, 6.07) is 14.1. The van der Waals surface area contributed by atoms with Gasteiger partial charge in [-0.25, -0.2) is 0 Å². The lowest BCUT2D eigenvalue weighted by Gasteiger charge is -2.13. The summed E-state index contributed by atoms with van der Waals surface area (Å²) in [7, 11) is 1.71. The third-order valence-corrected chi connectivity index (χ3v) is 3.25. The highest BCUT2D eigenvalue weighted by molar-refractivity contribution is 5.44. The lowest BCUT2D eigenvalue weighted by Crippen LogP contribution is -2.01. The molecule has 0 unspecified atom stereocenters. The van der Waals surface area contributed by atoms with E-state index in [9.17, 15) is 0 Å². The number of ether oxygens (including phenoxy) is 2. The zero-order valence-corrected chi connectivity index (χ0v) is 12.1. The number of hydrogen-bond donors (Lipinski definition) is 1. The average Bonchev–Trinajstić information content (AvgIpc) is 2.48. The fourth-order valence-corrected chi connectivity index (χ4v) is 2.08. The van der Waals surface area contributed by atoms with E-state index in [1.807, 2.05) is 37.3 Å². The number of nitrogens with two attached hydrogens (primary N) is 1. The molecule has 2 aromatic rings. The summed E-state index contributed by atoms with van der Waals surface area (Å²) in [5, 5.41) is 0. The van der Waals surface area contributed by atoms with Gasteiger partial charge in [-0.15, -0.1) is 0 Å². The van der Waals surface area contributed by atoms with E-state index in [1.54, 1.807) is 7.11 Å². The molecule has 2 rings (SSSR count). The Morgan fingerprint density at radius 2 is 1.80 bits per heavy atom. The van der Waals surface area contributed by atoms with Crippen LogP contribution in [0.15, 0.2) is 42.5 Å². The molecule has 0 aromatic heterocycles. The van der Waals surface area contributed by atoms with Gasteiger partial charge >= 0.3 is 0 Å². The molecule has 0 saturated heterocycles. The van der Waals surface area contributed by atoms with Gasteiger partial charge < -0.3 is 15.2 Å². The normalized spacial score (nSPS) is 10.6. The molecule has 2 N–H and O–H groups in total.